The molecule has 0 bridgehead atoms. The van der Waals surface area contributed by atoms with Gasteiger partial charge in [0.2, 0.25) is 11.8 Å². The number of anilines is 1. The highest BCUT2D eigenvalue weighted by Gasteiger charge is 2.62. The normalized spacial score (nSPS) is 18.5. The van der Waals surface area contributed by atoms with Crippen molar-refractivity contribution in [1.82, 2.24) is 14.8 Å². The second-order valence-electron chi connectivity index (χ2n) is 8.37. The van der Waals surface area contributed by atoms with Gasteiger partial charge in [-0.25, -0.2) is 9.37 Å². The lowest BCUT2D eigenvalue weighted by atomic mass is 9.81. The van der Waals surface area contributed by atoms with Gasteiger partial charge in [0.25, 0.3) is 5.91 Å². The molecule has 0 unspecified atom stereocenters. The number of amides is 3. The number of halogens is 3. The molecule has 33 heavy (non-hydrogen) atoms. The molecule has 2 saturated heterocycles. The van der Waals surface area contributed by atoms with Gasteiger partial charge in [-0.15, -0.1) is 0 Å². The third-order valence-corrected chi connectivity index (χ3v) is 6.63. The van der Waals surface area contributed by atoms with E-state index in [4.69, 9.17) is 23.2 Å². The molecule has 1 spiro atoms. The minimum atomic E-state index is -1.31. The Hall–Kier alpha value is -2.71. The third-order valence-electron chi connectivity index (χ3n) is 6.17. The fourth-order valence-electron chi connectivity index (χ4n) is 4.55. The number of carbonyl (C=O) groups excluding carboxylic acids is 3. The molecule has 10 heteroatoms. The van der Waals surface area contributed by atoms with E-state index in [1.807, 2.05) is 13.8 Å². The van der Waals surface area contributed by atoms with Crippen molar-refractivity contribution in [3.63, 3.8) is 0 Å². The Balaban J connectivity index is 1.72. The van der Waals surface area contributed by atoms with Crippen LogP contribution in [0.15, 0.2) is 36.5 Å². The summed E-state index contributed by atoms with van der Waals surface area (Å²) in [5, 5.41) is 0.636. The molecule has 1 aromatic heterocycles. The first-order chi connectivity index (χ1) is 15.7. The van der Waals surface area contributed by atoms with Gasteiger partial charge in [-0.3, -0.25) is 19.3 Å². The quantitative estimate of drug-likeness (QED) is 0.635. The van der Waals surface area contributed by atoms with Crippen molar-refractivity contribution < 1.29 is 18.8 Å². The van der Waals surface area contributed by atoms with Crippen molar-refractivity contribution in [2.75, 3.05) is 24.5 Å². The maximum absolute atomic E-state index is 14.6. The van der Waals surface area contributed by atoms with Crippen LogP contribution in [0.4, 0.5) is 10.2 Å². The standard InChI is InChI=1S/C23H23Cl2FN4O3/c1-3-4-19(31)28-12-23(13-28)22(33)29(21-18(26)9-17(25)10-27-21)11-20(32)30(23)14(2)15-5-7-16(24)8-6-15/h5-10,14H,3-4,11-13H2,1-2H3/t14-/m0/s1. The highest BCUT2D eigenvalue weighted by Crippen LogP contribution is 2.41. The molecule has 0 saturated carbocycles. The molecular weight excluding hydrogens is 470 g/mol. The van der Waals surface area contributed by atoms with Gasteiger partial charge in [0.05, 0.1) is 24.2 Å². The molecule has 0 N–H and O–H groups in total. The molecule has 7 nitrogen and oxygen atoms in total. The minimum absolute atomic E-state index is 0.0417. The van der Waals surface area contributed by atoms with Crippen LogP contribution in [0.3, 0.4) is 0 Å². The van der Waals surface area contributed by atoms with E-state index in [1.165, 1.54) is 11.1 Å². The first-order valence-electron chi connectivity index (χ1n) is 10.7. The van der Waals surface area contributed by atoms with Crippen LogP contribution in [0.1, 0.15) is 38.3 Å². The molecule has 1 atom stereocenters. The average molecular weight is 493 g/mol. The highest BCUT2D eigenvalue weighted by molar-refractivity contribution is 6.30. The zero-order chi connectivity index (χ0) is 23.9. The number of pyridine rings is 1. The number of rotatable bonds is 5. The van der Waals surface area contributed by atoms with Gasteiger partial charge < -0.3 is 9.80 Å². The number of carbonyl (C=O) groups is 3. The SMILES string of the molecule is CCCC(=O)N1CC2(C1)C(=O)N(c1ncc(Cl)cc1F)CC(=O)N2[C@@H](C)c1ccc(Cl)cc1. The molecule has 2 aromatic rings. The average Bonchev–Trinajstić information content (AvgIpc) is 2.74. The lowest BCUT2D eigenvalue weighted by molar-refractivity contribution is -0.173. The maximum atomic E-state index is 14.6. The fraction of sp³-hybridized carbons (Fsp3) is 0.391. The van der Waals surface area contributed by atoms with Crippen LogP contribution >= 0.6 is 23.2 Å². The summed E-state index contributed by atoms with van der Waals surface area (Å²) >= 11 is 11.8. The number of hydrogen-bond acceptors (Lipinski definition) is 4. The van der Waals surface area contributed by atoms with E-state index in [1.54, 1.807) is 29.2 Å². The van der Waals surface area contributed by atoms with Gasteiger partial charge >= 0.3 is 0 Å². The third kappa shape index (κ3) is 4.06. The van der Waals surface area contributed by atoms with E-state index in [0.29, 0.717) is 17.9 Å². The topological polar surface area (TPSA) is 73.8 Å². The number of aromatic nitrogens is 1. The summed E-state index contributed by atoms with van der Waals surface area (Å²) in [5.74, 6) is -1.98. The Morgan fingerprint density at radius 1 is 1.18 bits per heavy atom. The van der Waals surface area contributed by atoms with E-state index in [9.17, 15) is 18.8 Å². The van der Waals surface area contributed by atoms with Gasteiger partial charge in [-0.2, -0.15) is 0 Å². The van der Waals surface area contributed by atoms with Crippen LogP contribution in [-0.4, -0.2) is 57.7 Å². The van der Waals surface area contributed by atoms with Gasteiger partial charge in [0.1, 0.15) is 6.54 Å². The molecule has 174 valence electrons. The van der Waals surface area contributed by atoms with E-state index in [-0.39, 0.29) is 42.3 Å². The van der Waals surface area contributed by atoms with Crippen molar-refractivity contribution in [1.29, 1.82) is 0 Å². The first-order valence-corrected chi connectivity index (χ1v) is 11.4. The zero-order valence-electron chi connectivity index (χ0n) is 18.2. The summed E-state index contributed by atoms with van der Waals surface area (Å²) in [6, 6.07) is 7.61. The van der Waals surface area contributed by atoms with Crippen LogP contribution in [0, 0.1) is 5.82 Å². The van der Waals surface area contributed by atoms with E-state index in [0.717, 1.165) is 16.5 Å². The van der Waals surface area contributed by atoms with Gasteiger partial charge in [0, 0.05) is 17.6 Å². The van der Waals surface area contributed by atoms with Crippen LogP contribution in [0.25, 0.3) is 0 Å². The number of hydrogen-bond donors (Lipinski definition) is 0. The summed E-state index contributed by atoms with van der Waals surface area (Å²) < 4.78 is 14.6. The summed E-state index contributed by atoms with van der Waals surface area (Å²) in [6.07, 6.45) is 2.25. The monoisotopic (exact) mass is 492 g/mol. The predicted molar refractivity (Wildman–Crippen MR) is 122 cm³/mol. The molecule has 2 aliphatic heterocycles. The lowest BCUT2D eigenvalue weighted by Crippen LogP contribution is -2.81. The Morgan fingerprint density at radius 3 is 2.45 bits per heavy atom. The fourth-order valence-corrected chi connectivity index (χ4v) is 4.82. The molecular formula is C23H23Cl2FN4O3. The first kappa shape index (κ1) is 23.4. The van der Waals surface area contributed by atoms with Gasteiger partial charge in [0.15, 0.2) is 17.2 Å². The predicted octanol–water partition coefficient (Wildman–Crippen LogP) is 3.85. The van der Waals surface area contributed by atoms with Crippen LogP contribution in [0.2, 0.25) is 10.0 Å². The molecule has 1 aromatic carbocycles. The molecule has 3 amide bonds. The number of likely N-dealkylation sites (tertiary alicyclic amines) is 1. The largest absolute Gasteiger partial charge is 0.337 e. The Morgan fingerprint density at radius 2 is 1.85 bits per heavy atom. The second kappa shape index (κ2) is 8.91. The molecule has 2 fully saturated rings. The zero-order valence-corrected chi connectivity index (χ0v) is 19.7. The van der Waals surface area contributed by atoms with Crippen molar-refractivity contribution in [2.45, 2.75) is 38.3 Å². The summed E-state index contributed by atoms with van der Waals surface area (Å²) in [6.45, 7) is 3.44. The summed E-state index contributed by atoms with van der Waals surface area (Å²) in [5.41, 5.74) is -0.520. The Labute approximate surface area is 201 Å². The van der Waals surface area contributed by atoms with Crippen molar-refractivity contribution in [3.8, 4) is 0 Å². The molecule has 2 aliphatic rings. The number of benzene rings is 1. The Bertz CT molecular complexity index is 1110. The molecule has 0 aliphatic carbocycles. The van der Waals surface area contributed by atoms with Crippen molar-refractivity contribution in [3.05, 3.63) is 58.0 Å². The number of nitrogens with zero attached hydrogens (tertiary/aromatic N) is 4. The van der Waals surface area contributed by atoms with Crippen LogP contribution in [-0.2, 0) is 14.4 Å². The van der Waals surface area contributed by atoms with E-state index in [2.05, 4.69) is 4.98 Å². The van der Waals surface area contributed by atoms with E-state index >= 15 is 0 Å². The van der Waals surface area contributed by atoms with Crippen molar-refractivity contribution in [2.24, 2.45) is 0 Å². The second-order valence-corrected chi connectivity index (χ2v) is 9.25. The maximum Gasteiger partial charge on any atom is 0.258 e. The van der Waals surface area contributed by atoms with Crippen molar-refractivity contribution >= 4 is 46.7 Å². The van der Waals surface area contributed by atoms with Crippen LogP contribution < -0.4 is 4.90 Å². The lowest BCUT2D eigenvalue weighted by Gasteiger charge is -2.59. The summed E-state index contributed by atoms with van der Waals surface area (Å²) in [4.78, 5) is 47.8. The molecule has 4 rings (SSSR count). The smallest absolute Gasteiger partial charge is 0.258 e. The summed E-state index contributed by atoms with van der Waals surface area (Å²) in [7, 11) is 0. The van der Waals surface area contributed by atoms with E-state index < -0.39 is 23.3 Å². The molecule has 3 heterocycles. The number of piperazine rings is 1. The molecule has 0 radical (unpaired) electrons. The minimum Gasteiger partial charge on any atom is -0.337 e. The van der Waals surface area contributed by atoms with Crippen LogP contribution in [0.5, 0.6) is 0 Å². The highest BCUT2D eigenvalue weighted by atomic mass is 35.5. The van der Waals surface area contributed by atoms with Gasteiger partial charge in [-0.05, 0) is 37.1 Å². The Kier molecular flexibility index (Phi) is 6.33. The van der Waals surface area contributed by atoms with Gasteiger partial charge in [-0.1, -0.05) is 42.3 Å².